The van der Waals surface area contributed by atoms with Gasteiger partial charge in [0.2, 0.25) is 5.91 Å². The van der Waals surface area contributed by atoms with Crippen LogP contribution in [-0.4, -0.2) is 36.6 Å². The predicted molar refractivity (Wildman–Crippen MR) is 96.6 cm³/mol. The molecule has 1 saturated heterocycles. The Morgan fingerprint density at radius 3 is 2.55 bits per heavy atom. The molecule has 22 heavy (non-hydrogen) atoms. The molecule has 1 aliphatic rings. The molecule has 0 saturated carbocycles. The van der Waals surface area contributed by atoms with Gasteiger partial charge in [-0.05, 0) is 45.4 Å². The third-order valence-electron chi connectivity index (χ3n) is 3.73. The van der Waals surface area contributed by atoms with E-state index in [9.17, 15) is 4.79 Å². The largest absolute Gasteiger partial charge is 0.357 e. The number of hydrogen-bond donors (Lipinski definition) is 2. The first-order valence-electron chi connectivity index (χ1n) is 7.49. The lowest BCUT2D eigenvalue weighted by atomic mass is 10.0. The fourth-order valence-corrected chi connectivity index (χ4v) is 2.50. The minimum absolute atomic E-state index is 0. The Labute approximate surface area is 145 Å². The minimum atomic E-state index is -0.0637. The first-order chi connectivity index (χ1) is 9.74. The highest BCUT2D eigenvalue weighted by Gasteiger charge is 2.20. The van der Waals surface area contributed by atoms with Gasteiger partial charge in [0.1, 0.15) is 5.82 Å². The average Bonchev–Trinajstić information content (AvgIpc) is 2.51. The number of nitrogens with zero attached hydrogens (tertiary/aromatic N) is 2. The fourth-order valence-electron chi connectivity index (χ4n) is 2.50. The number of amides is 1. The summed E-state index contributed by atoms with van der Waals surface area (Å²) in [6.07, 6.45) is 4.92. The van der Waals surface area contributed by atoms with E-state index in [1.165, 1.54) is 0 Å². The van der Waals surface area contributed by atoms with Crippen molar-refractivity contribution in [3.63, 3.8) is 0 Å². The zero-order valence-electron chi connectivity index (χ0n) is 13.2. The molecule has 1 atom stereocenters. The summed E-state index contributed by atoms with van der Waals surface area (Å²) < 4.78 is 0. The first kappa shape index (κ1) is 21.0. The van der Waals surface area contributed by atoms with Gasteiger partial charge in [0.05, 0.1) is 17.9 Å². The number of piperidine rings is 1. The van der Waals surface area contributed by atoms with Crippen molar-refractivity contribution in [2.45, 2.75) is 39.2 Å². The highest BCUT2D eigenvalue weighted by Crippen LogP contribution is 2.15. The van der Waals surface area contributed by atoms with Crippen molar-refractivity contribution in [1.29, 1.82) is 0 Å². The van der Waals surface area contributed by atoms with Crippen LogP contribution in [0.3, 0.4) is 0 Å². The minimum Gasteiger partial charge on any atom is -0.357 e. The van der Waals surface area contributed by atoms with Crippen LogP contribution in [0.5, 0.6) is 0 Å². The van der Waals surface area contributed by atoms with Crippen LogP contribution in [0.1, 0.15) is 33.1 Å². The van der Waals surface area contributed by atoms with Crippen molar-refractivity contribution in [3.05, 3.63) is 18.3 Å². The van der Waals surface area contributed by atoms with Crippen molar-refractivity contribution in [3.8, 4) is 0 Å². The molecular weight excluding hydrogens is 323 g/mol. The number of rotatable bonds is 5. The van der Waals surface area contributed by atoms with Gasteiger partial charge < -0.3 is 15.5 Å². The topological polar surface area (TPSA) is 57.3 Å². The van der Waals surface area contributed by atoms with Crippen LogP contribution in [0.15, 0.2) is 18.3 Å². The van der Waals surface area contributed by atoms with Gasteiger partial charge in [0.25, 0.3) is 0 Å². The number of carbonyl (C=O) groups excluding carboxylic acids is 1. The standard InChI is InChI=1S/C15H24N4O.2ClH/c1-3-19(4-2)14-9-8-12(11-17-14)18-15(20)13-7-5-6-10-16-13;;/h8-9,11,13,16H,3-7,10H2,1-2H3,(H,18,20);2*1H/t13-;;/m0../s1. The molecule has 0 unspecified atom stereocenters. The Hall–Kier alpha value is -1.04. The summed E-state index contributed by atoms with van der Waals surface area (Å²) in [5.41, 5.74) is 0.762. The molecule has 1 amide bonds. The second kappa shape index (κ2) is 10.6. The fraction of sp³-hybridized carbons (Fsp3) is 0.600. The van der Waals surface area contributed by atoms with Gasteiger partial charge in [-0.3, -0.25) is 4.79 Å². The number of hydrogen-bond acceptors (Lipinski definition) is 4. The molecule has 1 fully saturated rings. The van der Waals surface area contributed by atoms with Gasteiger partial charge in [-0.2, -0.15) is 0 Å². The molecule has 2 heterocycles. The number of aromatic nitrogens is 1. The molecule has 1 aromatic heterocycles. The lowest BCUT2D eigenvalue weighted by molar-refractivity contribution is -0.118. The molecular formula is C15H26Cl2N4O. The maximum atomic E-state index is 12.1. The number of nitrogens with one attached hydrogen (secondary N) is 2. The molecule has 0 spiro atoms. The second-order valence-corrected chi connectivity index (χ2v) is 5.07. The molecule has 5 nitrogen and oxygen atoms in total. The molecule has 7 heteroatoms. The molecule has 2 rings (SSSR count). The van der Waals surface area contributed by atoms with Gasteiger partial charge in [0, 0.05) is 13.1 Å². The number of halogens is 2. The van der Waals surface area contributed by atoms with Crippen LogP contribution in [0.25, 0.3) is 0 Å². The van der Waals surface area contributed by atoms with Crippen LogP contribution in [0.4, 0.5) is 11.5 Å². The van der Waals surface area contributed by atoms with E-state index < -0.39 is 0 Å². The van der Waals surface area contributed by atoms with Crippen LogP contribution in [0.2, 0.25) is 0 Å². The lowest BCUT2D eigenvalue weighted by Gasteiger charge is -2.23. The molecule has 0 bridgehead atoms. The van der Waals surface area contributed by atoms with Crippen molar-refractivity contribution in [2.24, 2.45) is 0 Å². The molecule has 2 N–H and O–H groups in total. The van der Waals surface area contributed by atoms with Crippen molar-refractivity contribution < 1.29 is 4.79 Å². The smallest absolute Gasteiger partial charge is 0.241 e. The summed E-state index contributed by atoms with van der Waals surface area (Å²) in [7, 11) is 0. The van der Waals surface area contributed by atoms with Gasteiger partial charge in [-0.15, -0.1) is 24.8 Å². The Bertz CT molecular complexity index is 432. The SMILES string of the molecule is CCN(CC)c1ccc(NC(=O)[C@@H]2CCCCN2)cn1.Cl.Cl. The Morgan fingerprint density at radius 2 is 2.05 bits per heavy atom. The maximum absolute atomic E-state index is 12.1. The third kappa shape index (κ3) is 5.63. The van der Waals surface area contributed by atoms with Crippen LogP contribution in [-0.2, 0) is 4.79 Å². The number of pyridine rings is 1. The maximum Gasteiger partial charge on any atom is 0.241 e. The van der Waals surface area contributed by atoms with E-state index >= 15 is 0 Å². The Kier molecular flexibility index (Phi) is 10.1. The molecule has 126 valence electrons. The predicted octanol–water partition coefficient (Wildman–Crippen LogP) is 2.85. The number of anilines is 2. The van der Waals surface area contributed by atoms with Gasteiger partial charge in [0.15, 0.2) is 0 Å². The molecule has 1 aromatic rings. The summed E-state index contributed by atoms with van der Waals surface area (Å²) >= 11 is 0. The second-order valence-electron chi connectivity index (χ2n) is 5.07. The highest BCUT2D eigenvalue weighted by atomic mass is 35.5. The van der Waals surface area contributed by atoms with Crippen molar-refractivity contribution in [1.82, 2.24) is 10.3 Å². The summed E-state index contributed by atoms with van der Waals surface area (Å²) in [6, 6.07) is 3.81. The van der Waals surface area contributed by atoms with Gasteiger partial charge >= 0.3 is 0 Å². The molecule has 0 aliphatic carbocycles. The highest BCUT2D eigenvalue weighted by molar-refractivity contribution is 5.94. The summed E-state index contributed by atoms with van der Waals surface area (Å²) in [6.45, 7) is 7.00. The Balaban J connectivity index is 0.00000220. The van der Waals surface area contributed by atoms with E-state index in [1.807, 2.05) is 12.1 Å². The van der Waals surface area contributed by atoms with E-state index in [4.69, 9.17) is 0 Å². The molecule has 1 aliphatic heterocycles. The van der Waals surface area contributed by atoms with E-state index in [-0.39, 0.29) is 36.8 Å². The summed E-state index contributed by atoms with van der Waals surface area (Å²) in [5.74, 6) is 0.992. The van der Waals surface area contributed by atoms with Gasteiger partial charge in [-0.1, -0.05) is 6.42 Å². The first-order valence-corrected chi connectivity index (χ1v) is 7.49. The van der Waals surface area contributed by atoms with Crippen LogP contribution in [0, 0.1) is 0 Å². The quantitative estimate of drug-likeness (QED) is 0.858. The molecule has 0 aromatic carbocycles. The molecule has 0 radical (unpaired) electrons. The van der Waals surface area contributed by atoms with E-state index in [2.05, 4.69) is 34.4 Å². The Morgan fingerprint density at radius 1 is 1.32 bits per heavy atom. The van der Waals surface area contributed by atoms with E-state index in [0.717, 1.165) is 50.4 Å². The summed E-state index contributed by atoms with van der Waals surface area (Å²) in [5, 5.41) is 6.18. The zero-order valence-corrected chi connectivity index (χ0v) is 14.8. The summed E-state index contributed by atoms with van der Waals surface area (Å²) in [4.78, 5) is 18.7. The zero-order chi connectivity index (χ0) is 14.4. The third-order valence-corrected chi connectivity index (χ3v) is 3.73. The normalized spacial score (nSPS) is 16.9. The van der Waals surface area contributed by atoms with Crippen molar-refractivity contribution in [2.75, 3.05) is 29.9 Å². The number of carbonyl (C=O) groups is 1. The van der Waals surface area contributed by atoms with E-state index in [0.29, 0.717) is 0 Å². The monoisotopic (exact) mass is 348 g/mol. The van der Waals surface area contributed by atoms with Crippen LogP contribution < -0.4 is 15.5 Å². The average molecular weight is 349 g/mol. The van der Waals surface area contributed by atoms with Crippen LogP contribution >= 0.6 is 24.8 Å². The van der Waals surface area contributed by atoms with E-state index in [1.54, 1.807) is 6.20 Å². The van der Waals surface area contributed by atoms with Gasteiger partial charge in [-0.25, -0.2) is 4.98 Å². The van der Waals surface area contributed by atoms with Crippen molar-refractivity contribution >= 4 is 42.2 Å². The lowest BCUT2D eigenvalue weighted by Crippen LogP contribution is -2.43.